The molecule has 0 aromatic heterocycles. The molecule has 0 aromatic rings. The molecule has 0 bridgehead atoms. The summed E-state index contributed by atoms with van der Waals surface area (Å²) < 4.78 is 5.50. The van der Waals surface area contributed by atoms with Crippen LogP contribution >= 0.6 is 0 Å². The summed E-state index contributed by atoms with van der Waals surface area (Å²) in [6, 6.07) is -0.626. The molecule has 3 N–H and O–H groups in total. The van der Waals surface area contributed by atoms with Gasteiger partial charge < -0.3 is 20.3 Å². The van der Waals surface area contributed by atoms with Crippen molar-refractivity contribution in [3.63, 3.8) is 0 Å². The number of ether oxygens (including phenoxy) is 1. The topological polar surface area (TPSA) is 95.9 Å². The van der Waals surface area contributed by atoms with Gasteiger partial charge >= 0.3 is 5.97 Å². The summed E-state index contributed by atoms with van der Waals surface area (Å²) in [7, 11) is 0. The van der Waals surface area contributed by atoms with E-state index in [9.17, 15) is 19.8 Å². The number of aliphatic hydroxyl groups excluding tert-OH is 2. The molecule has 0 saturated heterocycles. The second-order valence-electron chi connectivity index (χ2n) is 22.8. The molecule has 0 aromatic carbocycles. The highest BCUT2D eigenvalue weighted by Gasteiger charge is 2.18. The molecule has 436 valence electrons. The van der Waals surface area contributed by atoms with Crippen LogP contribution in [0.3, 0.4) is 0 Å². The normalized spacial score (nSPS) is 12.8. The molecule has 0 saturated carbocycles. The van der Waals surface area contributed by atoms with Gasteiger partial charge in [-0.25, -0.2) is 0 Å². The van der Waals surface area contributed by atoms with Crippen LogP contribution in [0.4, 0.5) is 0 Å². The van der Waals surface area contributed by atoms with Crippen LogP contribution in [0.5, 0.6) is 0 Å². The minimum Gasteiger partial charge on any atom is -0.466 e. The standard InChI is InChI=1S/C68H129NO5/c1-3-5-7-9-11-13-15-17-19-30-34-38-42-46-50-54-58-62-68(73)74-63-59-55-51-47-43-39-35-32-29-27-25-23-21-20-22-24-26-28-31-33-37-41-45-49-53-57-61-67(72)69-65(64-70)66(71)60-56-52-48-44-40-36-18-16-14-12-10-8-6-4-2/h11,13,17,19,56,60,65-66,70-71H,3-10,12,14-16,18,20-55,57-59,61-64H2,1-2H3,(H,69,72)/b13-11-,19-17-,60-56+. The summed E-state index contributed by atoms with van der Waals surface area (Å²) in [6.45, 7) is 4.89. The second kappa shape index (κ2) is 63.6. The van der Waals surface area contributed by atoms with Crippen LogP contribution in [0.2, 0.25) is 0 Å². The van der Waals surface area contributed by atoms with Gasteiger partial charge in [-0.15, -0.1) is 0 Å². The minimum atomic E-state index is -0.842. The van der Waals surface area contributed by atoms with Crippen LogP contribution in [0.15, 0.2) is 36.5 Å². The lowest BCUT2D eigenvalue weighted by Crippen LogP contribution is -2.45. The third-order valence-electron chi connectivity index (χ3n) is 15.4. The van der Waals surface area contributed by atoms with E-state index in [-0.39, 0.29) is 18.5 Å². The lowest BCUT2D eigenvalue weighted by Gasteiger charge is -2.20. The predicted octanol–water partition coefficient (Wildman–Crippen LogP) is 21.1. The first-order valence-corrected chi connectivity index (χ1v) is 33.3. The second-order valence-corrected chi connectivity index (χ2v) is 22.8. The Morgan fingerprint density at radius 1 is 0.378 bits per heavy atom. The van der Waals surface area contributed by atoms with E-state index in [1.54, 1.807) is 6.08 Å². The number of allylic oxidation sites excluding steroid dienone is 5. The summed E-state index contributed by atoms with van der Waals surface area (Å²) >= 11 is 0. The van der Waals surface area contributed by atoms with Gasteiger partial charge in [0.25, 0.3) is 0 Å². The van der Waals surface area contributed by atoms with Crippen LogP contribution in [-0.4, -0.2) is 47.4 Å². The fourth-order valence-electron chi connectivity index (χ4n) is 10.3. The molecular weight excluding hydrogens is 911 g/mol. The number of unbranched alkanes of at least 4 members (excludes halogenated alkanes) is 47. The van der Waals surface area contributed by atoms with Crippen LogP contribution in [0, 0.1) is 0 Å². The van der Waals surface area contributed by atoms with Gasteiger partial charge in [0.15, 0.2) is 0 Å². The highest BCUT2D eigenvalue weighted by molar-refractivity contribution is 5.76. The summed E-state index contributed by atoms with van der Waals surface area (Å²) in [5, 5.41) is 23.1. The van der Waals surface area contributed by atoms with Gasteiger partial charge in [0.2, 0.25) is 5.91 Å². The lowest BCUT2D eigenvalue weighted by atomic mass is 10.0. The molecule has 0 radical (unpaired) electrons. The monoisotopic (exact) mass is 1040 g/mol. The molecule has 1 amide bonds. The quantitative estimate of drug-likeness (QED) is 0.0320. The van der Waals surface area contributed by atoms with E-state index in [1.165, 1.54) is 283 Å². The summed E-state index contributed by atoms with van der Waals surface area (Å²) in [4.78, 5) is 24.6. The van der Waals surface area contributed by atoms with Gasteiger partial charge in [-0.2, -0.15) is 0 Å². The van der Waals surface area contributed by atoms with E-state index in [0.29, 0.717) is 19.4 Å². The van der Waals surface area contributed by atoms with Gasteiger partial charge in [-0.05, 0) is 64.2 Å². The molecule has 6 nitrogen and oxygen atoms in total. The maximum Gasteiger partial charge on any atom is 0.305 e. The fourth-order valence-corrected chi connectivity index (χ4v) is 10.3. The molecule has 0 spiro atoms. The van der Waals surface area contributed by atoms with Crippen molar-refractivity contribution in [3.05, 3.63) is 36.5 Å². The highest BCUT2D eigenvalue weighted by atomic mass is 16.5. The van der Waals surface area contributed by atoms with Crippen molar-refractivity contribution in [1.82, 2.24) is 5.32 Å². The van der Waals surface area contributed by atoms with Gasteiger partial charge in [0, 0.05) is 12.8 Å². The zero-order valence-electron chi connectivity index (χ0n) is 49.8. The third kappa shape index (κ3) is 59.3. The third-order valence-corrected chi connectivity index (χ3v) is 15.4. The summed E-state index contributed by atoms with van der Waals surface area (Å²) in [5.41, 5.74) is 0. The number of esters is 1. The molecule has 2 atom stereocenters. The average Bonchev–Trinajstić information content (AvgIpc) is 3.40. The summed E-state index contributed by atoms with van der Waals surface area (Å²) in [6.07, 6.45) is 80.6. The van der Waals surface area contributed by atoms with Crippen LogP contribution in [-0.2, 0) is 14.3 Å². The van der Waals surface area contributed by atoms with Crippen molar-refractivity contribution in [2.45, 2.75) is 373 Å². The molecule has 0 aliphatic heterocycles. The Kier molecular flexibility index (Phi) is 62.0. The number of aliphatic hydroxyl groups is 2. The Morgan fingerprint density at radius 3 is 1.05 bits per heavy atom. The molecule has 74 heavy (non-hydrogen) atoms. The van der Waals surface area contributed by atoms with E-state index in [4.69, 9.17) is 4.74 Å². The van der Waals surface area contributed by atoms with Crippen molar-refractivity contribution in [2.75, 3.05) is 13.2 Å². The SMILES string of the molecule is CCCCC/C=C\C/C=C\CCCCCCCCCC(=O)OCCCCCCCCCCCCCCCCCCCCCCCCCCCCC(=O)NC(CO)C(O)/C=C/CCCCCCCCCCCCCC. The number of nitrogens with one attached hydrogen (secondary N) is 1. The van der Waals surface area contributed by atoms with Gasteiger partial charge in [-0.1, -0.05) is 320 Å². The van der Waals surface area contributed by atoms with Crippen molar-refractivity contribution in [2.24, 2.45) is 0 Å². The average molecular weight is 1040 g/mol. The number of carbonyl (C=O) groups excluding carboxylic acids is 2. The van der Waals surface area contributed by atoms with Crippen molar-refractivity contribution >= 4 is 11.9 Å². The molecule has 0 fully saturated rings. The van der Waals surface area contributed by atoms with Crippen LogP contribution < -0.4 is 5.32 Å². The number of rotatable bonds is 62. The largest absolute Gasteiger partial charge is 0.466 e. The fraction of sp³-hybridized carbons (Fsp3) is 0.882. The van der Waals surface area contributed by atoms with Crippen LogP contribution in [0.25, 0.3) is 0 Å². The van der Waals surface area contributed by atoms with Crippen molar-refractivity contribution in [1.29, 1.82) is 0 Å². The Hall–Kier alpha value is -1.92. The molecule has 0 aliphatic carbocycles. The molecule has 0 heterocycles. The van der Waals surface area contributed by atoms with E-state index < -0.39 is 12.1 Å². The molecule has 0 aliphatic rings. The summed E-state index contributed by atoms with van der Waals surface area (Å²) in [5.74, 6) is -0.0552. The highest BCUT2D eigenvalue weighted by Crippen LogP contribution is 2.18. The first-order valence-electron chi connectivity index (χ1n) is 33.3. The predicted molar refractivity (Wildman–Crippen MR) is 324 cm³/mol. The number of carbonyl (C=O) groups is 2. The van der Waals surface area contributed by atoms with Crippen molar-refractivity contribution in [3.8, 4) is 0 Å². The first kappa shape index (κ1) is 72.1. The smallest absolute Gasteiger partial charge is 0.305 e. The van der Waals surface area contributed by atoms with Crippen LogP contribution in [0.1, 0.15) is 361 Å². The van der Waals surface area contributed by atoms with Crippen molar-refractivity contribution < 1.29 is 24.5 Å². The lowest BCUT2D eigenvalue weighted by molar-refractivity contribution is -0.143. The Bertz CT molecular complexity index is 1200. The molecule has 2 unspecified atom stereocenters. The Balaban J connectivity index is 3.36. The zero-order chi connectivity index (χ0) is 53.6. The van der Waals surface area contributed by atoms with Gasteiger partial charge in [0.05, 0.1) is 25.4 Å². The number of hydrogen-bond acceptors (Lipinski definition) is 5. The maximum atomic E-state index is 12.5. The van der Waals surface area contributed by atoms with Gasteiger partial charge in [0.1, 0.15) is 0 Å². The van der Waals surface area contributed by atoms with E-state index >= 15 is 0 Å². The Morgan fingerprint density at radius 2 is 0.676 bits per heavy atom. The first-order chi connectivity index (χ1) is 36.5. The minimum absolute atomic E-state index is 0.00927. The zero-order valence-corrected chi connectivity index (χ0v) is 49.8. The number of amides is 1. The maximum absolute atomic E-state index is 12.5. The Labute approximate surface area is 462 Å². The van der Waals surface area contributed by atoms with E-state index in [2.05, 4.69) is 43.5 Å². The van der Waals surface area contributed by atoms with E-state index in [0.717, 1.165) is 51.4 Å². The number of hydrogen-bond donors (Lipinski definition) is 3. The molecular formula is C68H129NO5. The van der Waals surface area contributed by atoms with E-state index in [1.807, 2.05) is 6.08 Å². The van der Waals surface area contributed by atoms with Gasteiger partial charge in [-0.3, -0.25) is 9.59 Å². The molecule has 0 rings (SSSR count). The molecule has 6 heteroatoms.